The number of benzene rings is 2. The van der Waals surface area contributed by atoms with Crippen LogP contribution in [0.2, 0.25) is 0 Å². The van der Waals surface area contributed by atoms with Gasteiger partial charge in [0.1, 0.15) is 5.69 Å². The highest BCUT2D eigenvalue weighted by atomic mass is 19.2. The average molecular weight is 514 g/mol. The molecule has 0 aliphatic carbocycles. The molecule has 0 radical (unpaired) electrons. The van der Waals surface area contributed by atoms with Crippen molar-refractivity contribution in [1.82, 2.24) is 19.9 Å². The van der Waals surface area contributed by atoms with Gasteiger partial charge in [0, 0.05) is 25.2 Å². The van der Waals surface area contributed by atoms with E-state index in [4.69, 9.17) is 5.73 Å². The molecule has 12 heteroatoms. The monoisotopic (exact) mass is 513 g/mol. The Morgan fingerprint density at radius 2 is 1.70 bits per heavy atom. The van der Waals surface area contributed by atoms with E-state index in [1.807, 2.05) is 0 Å². The number of aromatic nitrogens is 3. The van der Waals surface area contributed by atoms with E-state index in [1.165, 1.54) is 25.4 Å². The Hall–Kier alpha value is -4.71. The number of rotatable bonds is 6. The first-order chi connectivity index (χ1) is 17.2. The number of methoxy groups -OCH3 is 1. The molecular formula is C25H25F2N5O5. The molecule has 10 nitrogen and oxygen atoms in total. The number of nitrogens with zero attached hydrogens (tertiary/aromatic N) is 3. The van der Waals surface area contributed by atoms with Gasteiger partial charge in [0.25, 0.3) is 5.91 Å². The molecule has 0 aliphatic rings. The first-order valence-electron chi connectivity index (χ1n) is 10.4. The number of carbonyl (C=O) groups is 3. The number of esters is 1. The van der Waals surface area contributed by atoms with Crippen molar-refractivity contribution in [3.05, 3.63) is 101 Å². The molecule has 1 amide bonds. The van der Waals surface area contributed by atoms with E-state index >= 15 is 0 Å². The lowest BCUT2D eigenvalue weighted by atomic mass is 10.1. The number of nitrogens with one attached hydrogen (secondary N) is 1. The van der Waals surface area contributed by atoms with Crippen molar-refractivity contribution in [2.75, 3.05) is 7.11 Å². The first-order valence-corrected chi connectivity index (χ1v) is 10.4. The predicted molar refractivity (Wildman–Crippen MR) is 130 cm³/mol. The number of carbonyl (C=O) groups excluding carboxylic acids is 2. The van der Waals surface area contributed by atoms with Crippen LogP contribution in [-0.2, 0) is 17.8 Å². The summed E-state index contributed by atoms with van der Waals surface area (Å²) in [6.07, 6.45) is 1.40. The van der Waals surface area contributed by atoms with E-state index in [1.54, 1.807) is 24.3 Å². The van der Waals surface area contributed by atoms with Crippen molar-refractivity contribution in [2.24, 2.45) is 5.73 Å². The van der Waals surface area contributed by atoms with E-state index in [2.05, 4.69) is 20.1 Å². The van der Waals surface area contributed by atoms with Crippen LogP contribution in [0.3, 0.4) is 0 Å². The molecule has 2 aromatic carbocycles. The summed E-state index contributed by atoms with van der Waals surface area (Å²) < 4.78 is 30.3. The van der Waals surface area contributed by atoms with Crippen LogP contribution < -0.4 is 11.1 Å². The molecule has 0 bridgehead atoms. The fourth-order valence-corrected chi connectivity index (χ4v) is 3.00. The Bertz CT molecular complexity index is 1410. The summed E-state index contributed by atoms with van der Waals surface area (Å²) in [4.78, 5) is 39.1. The van der Waals surface area contributed by atoms with Gasteiger partial charge in [-0.2, -0.15) is 5.10 Å². The van der Waals surface area contributed by atoms with Crippen LogP contribution in [0.5, 0.6) is 0 Å². The molecule has 0 aliphatic heterocycles. The maximum atomic E-state index is 12.3. The highest BCUT2D eigenvalue weighted by molar-refractivity contribution is 5.96. The van der Waals surface area contributed by atoms with Gasteiger partial charge < -0.3 is 20.9 Å². The summed E-state index contributed by atoms with van der Waals surface area (Å²) in [5.74, 6) is -3.86. The number of halogens is 2. The van der Waals surface area contributed by atoms with E-state index in [-0.39, 0.29) is 37.6 Å². The van der Waals surface area contributed by atoms with Crippen LogP contribution in [0.15, 0.2) is 60.8 Å². The maximum Gasteiger partial charge on any atom is 0.354 e. The van der Waals surface area contributed by atoms with Crippen LogP contribution in [0, 0.1) is 11.6 Å². The highest BCUT2D eigenvalue weighted by Crippen LogP contribution is 2.10. The molecule has 0 atom stereocenters. The van der Waals surface area contributed by atoms with Gasteiger partial charge in [-0.05, 0) is 35.4 Å². The first kappa shape index (κ1) is 28.5. The third-order valence-electron chi connectivity index (χ3n) is 4.86. The number of amides is 1. The second-order valence-electron chi connectivity index (χ2n) is 7.26. The SMILES string of the molecule is C.COC(=O)c1ccc(CNC(=O)c2cc(C(=O)O)n3nccc3n2)cc1.NCc1ccc(F)c(F)c1. The molecule has 37 heavy (non-hydrogen) atoms. The fourth-order valence-electron chi connectivity index (χ4n) is 3.00. The average Bonchev–Trinajstić information content (AvgIpc) is 3.37. The van der Waals surface area contributed by atoms with Gasteiger partial charge in [0.05, 0.1) is 18.9 Å². The number of hydrogen-bond donors (Lipinski definition) is 3. The molecule has 0 unspecified atom stereocenters. The fraction of sp³-hybridized carbons (Fsp3) is 0.160. The Morgan fingerprint density at radius 3 is 2.30 bits per heavy atom. The van der Waals surface area contributed by atoms with Crippen molar-refractivity contribution in [3.63, 3.8) is 0 Å². The van der Waals surface area contributed by atoms with Crippen molar-refractivity contribution in [1.29, 1.82) is 0 Å². The zero-order valence-corrected chi connectivity index (χ0v) is 18.9. The lowest BCUT2D eigenvalue weighted by Gasteiger charge is -2.07. The predicted octanol–water partition coefficient (Wildman–Crippen LogP) is 3.20. The van der Waals surface area contributed by atoms with Crippen LogP contribution in [0.1, 0.15) is 49.9 Å². The second kappa shape index (κ2) is 12.8. The molecular weight excluding hydrogens is 488 g/mol. The summed E-state index contributed by atoms with van der Waals surface area (Å²) in [5.41, 5.74) is 7.01. The van der Waals surface area contributed by atoms with Crippen LogP contribution in [0.25, 0.3) is 5.65 Å². The number of nitrogens with two attached hydrogens (primary N) is 1. The smallest absolute Gasteiger partial charge is 0.354 e. The number of carboxylic acids is 1. The van der Waals surface area contributed by atoms with E-state index in [9.17, 15) is 28.3 Å². The molecule has 0 saturated carbocycles. The zero-order valence-electron chi connectivity index (χ0n) is 18.9. The summed E-state index contributed by atoms with van der Waals surface area (Å²) in [5, 5.41) is 15.8. The summed E-state index contributed by atoms with van der Waals surface area (Å²) in [6.45, 7) is 0.423. The van der Waals surface area contributed by atoms with E-state index in [0.29, 0.717) is 11.1 Å². The minimum Gasteiger partial charge on any atom is -0.477 e. The normalized spacial score (nSPS) is 10.1. The van der Waals surface area contributed by atoms with Crippen molar-refractivity contribution >= 4 is 23.5 Å². The van der Waals surface area contributed by atoms with Crippen LogP contribution >= 0.6 is 0 Å². The van der Waals surface area contributed by atoms with Crippen molar-refractivity contribution < 1.29 is 33.0 Å². The Morgan fingerprint density at radius 1 is 1.03 bits per heavy atom. The number of carboxylic acid groups (broad SMARTS) is 1. The van der Waals surface area contributed by atoms with Gasteiger partial charge in [-0.1, -0.05) is 25.6 Å². The number of aromatic carboxylic acids is 1. The third-order valence-corrected chi connectivity index (χ3v) is 4.86. The largest absolute Gasteiger partial charge is 0.477 e. The quantitative estimate of drug-likeness (QED) is 0.333. The molecule has 4 aromatic rings. The standard InChI is InChI=1S/C17H14N4O5.C7H7F2N.CH4/c1-26-17(25)11-4-2-10(3-5-11)9-18-15(22)12-8-13(16(23)24)21-14(20-12)6-7-19-21;8-6-2-1-5(4-10)3-7(6)9;/h2-8H,9H2,1H3,(H,18,22)(H,23,24);1-3H,4,10H2;1H4. The minimum atomic E-state index is -1.21. The molecule has 0 spiro atoms. The molecule has 4 rings (SSSR count). The number of fused-ring (bicyclic) bond motifs is 1. The molecule has 194 valence electrons. The van der Waals surface area contributed by atoms with Crippen molar-refractivity contribution in [3.8, 4) is 0 Å². The molecule has 0 saturated heterocycles. The Labute approximate surface area is 210 Å². The summed E-state index contributed by atoms with van der Waals surface area (Å²) in [7, 11) is 1.30. The van der Waals surface area contributed by atoms with Crippen LogP contribution in [0.4, 0.5) is 8.78 Å². The minimum absolute atomic E-state index is 0. The second-order valence-corrected chi connectivity index (χ2v) is 7.26. The lowest BCUT2D eigenvalue weighted by Crippen LogP contribution is -2.25. The Balaban J connectivity index is 0.000000369. The topological polar surface area (TPSA) is 149 Å². The van der Waals surface area contributed by atoms with Gasteiger partial charge in [-0.25, -0.2) is 27.9 Å². The van der Waals surface area contributed by atoms with Gasteiger partial charge in [0.15, 0.2) is 23.0 Å². The Kier molecular flexibility index (Phi) is 9.90. The van der Waals surface area contributed by atoms with E-state index < -0.39 is 29.5 Å². The maximum absolute atomic E-state index is 12.3. The van der Waals surface area contributed by atoms with Gasteiger partial charge in [-0.15, -0.1) is 0 Å². The van der Waals surface area contributed by atoms with Gasteiger partial charge >= 0.3 is 11.9 Å². The summed E-state index contributed by atoms with van der Waals surface area (Å²) >= 11 is 0. The third kappa shape index (κ3) is 7.15. The van der Waals surface area contributed by atoms with Crippen molar-refractivity contribution in [2.45, 2.75) is 20.5 Å². The molecule has 4 N–H and O–H groups in total. The lowest BCUT2D eigenvalue weighted by molar-refractivity contribution is 0.0599. The molecule has 2 aromatic heterocycles. The zero-order chi connectivity index (χ0) is 26.2. The van der Waals surface area contributed by atoms with E-state index in [0.717, 1.165) is 28.3 Å². The highest BCUT2D eigenvalue weighted by Gasteiger charge is 2.16. The number of ether oxygens (including phenoxy) is 1. The van der Waals surface area contributed by atoms with Gasteiger partial charge in [-0.3, -0.25) is 4.79 Å². The molecule has 2 heterocycles. The van der Waals surface area contributed by atoms with Crippen LogP contribution in [-0.4, -0.2) is 44.7 Å². The number of hydrogen-bond acceptors (Lipinski definition) is 7. The summed E-state index contributed by atoms with van der Waals surface area (Å²) in [6, 6.07) is 12.8. The van der Waals surface area contributed by atoms with Gasteiger partial charge in [0.2, 0.25) is 0 Å². The molecule has 0 fully saturated rings.